The molecule has 0 aliphatic heterocycles. The first-order valence-electron chi connectivity index (χ1n) is 10.1. The van der Waals surface area contributed by atoms with Crippen molar-refractivity contribution in [1.29, 1.82) is 0 Å². The molecule has 4 rings (SSSR count). The third-order valence-electron chi connectivity index (χ3n) is 5.48. The minimum atomic E-state index is -0.0300. The maximum atomic E-state index is 6.06. The Morgan fingerprint density at radius 1 is 1.03 bits per heavy atom. The van der Waals surface area contributed by atoms with Gasteiger partial charge in [0.05, 0.1) is 31.9 Å². The number of thiazole rings is 1. The van der Waals surface area contributed by atoms with Gasteiger partial charge in [0.15, 0.2) is 0 Å². The summed E-state index contributed by atoms with van der Waals surface area (Å²) in [5.41, 5.74) is 3.22. The molecule has 1 fully saturated rings. The summed E-state index contributed by atoms with van der Waals surface area (Å²) in [6, 6.07) is 14.3. The van der Waals surface area contributed by atoms with E-state index in [1.165, 1.54) is 10.4 Å². The molecule has 1 aliphatic rings. The van der Waals surface area contributed by atoms with Crippen LogP contribution in [0.15, 0.2) is 42.5 Å². The molecule has 0 bridgehead atoms. The monoisotopic (exact) mass is 409 g/mol. The number of benzene rings is 2. The van der Waals surface area contributed by atoms with E-state index in [0.29, 0.717) is 0 Å². The molecule has 1 saturated carbocycles. The molecule has 0 unspecified atom stereocenters. The average Bonchev–Trinajstić information content (AvgIpc) is 3.48. The number of hydrogen-bond acceptors (Lipinski definition) is 5. The van der Waals surface area contributed by atoms with E-state index in [4.69, 9.17) is 19.2 Å². The molecule has 5 heteroatoms. The fourth-order valence-electron chi connectivity index (χ4n) is 3.77. The van der Waals surface area contributed by atoms with Crippen molar-refractivity contribution in [2.45, 2.75) is 38.5 Å². The van der Waals surface area contributed by atoms with Crippen LogP contribution in [-0.4, -0.2) is 25.8 Å². The van der Waals surface area contributed by atoms with E-state index in [-0.39, 0.29) is 5.41 Å². The standard InChI is InChI=1S/C24H27NO3S/c1-5-14-28-20-9-7-6-8-19(20)24(12-13-24)23-25-22(16(2)29-23)18-11-10-17(26-3)15-21(18)27-4/h6-11,15H,5,12-14H2,1-4H3. The normalized spacial score (nSPS) is 14.5. The molecule has 0 N–H and O–H groups in total. The number of nitrogens with zero attached hydrogens (tertiary/aromatic N) is 1. The molecule has 0 saturated heterocycles. The van der Waals surface area contributed by atoms with E-state index < -0.39 is 0 Å². The van der Waals surface area contributed by atoms with Gasteiger partial charge in [0.25, 0.3) is 0 Å². The fraction of sp³-hybridized carbons (Fsp3) is 0.375. The summed E-state index contributed by atoms with van der Waals surface area (Å²) in [5.74, 6) is 2.54. The van der Waals surface area contributed by atoms with Crippen LogP contribution in [0, 0.1) is 6.92 Å². The van der Waals surface area contributed by atoms with E-state index in [1.807, 2.05) is 24.3 Å². The minimum Gasteiger partial charge on any atom is -0.497 e. The molecule has 0 spiro atoms. The van der Waals surface area contributed by atoms with Crippen LogP contribution in [0.4, 0.5) is 0 Å². The summed E-state index contributed by atoms with van der Waals surface area (Å²) in [6.45, 7) is 5.00. The van der Waals surface area contributed by atoms with Gasteiger partial charge >= 0.3 is 0 Å². The van der Waals surface area contributed by atoms with Crippen LogP contribution in [0.3, 0.4) is 0 Å². The van der Waals surface area contributed by atoms with E-state index in [9.17, 15) is 0 Å². The van der Waals surface area contributed by atoms with Gasteiger partial charge in [-0.3, -0.25) is 0 Å². The molecule has 0 atom stereocenters. The molecule has 0 radical (unpaired) electrons. The van der Waals surface area contributed by atoms with Crippen LogP contribution in [0.5, 0.6) is 17.2 Å². The highest BCUT2D eigenvalue weighted by Crippen LogP contribution is 2.57. The van der Waals surface area contributed by atoms with Crippen LogP contribution in [-0.2, 0) is 5.41 Å². The Hall–Kier alpha value is -2.53. The van der Waals surface area contributed by atoms with E-state index in [0.717, 1.165) is 59.4 Å². The third-order valence-corrected chi connectivity index (χ3v) is 6.66. The van der Waals surface area contributed by atoms with Crippen LogP contribution in [0.2, 0.25) is 0 Å². The molecule has 0 amide bonds. The van der Waals surface area contributed by atoms with Crippen molar-refractivity contribution < 1.29 is 14.2 Å². The van der Waals surface area contributed by atoms with Crippen LogP contribution in [0.25, 0.3) is 11.3 Å². The number of aryl methyl sites for hydroxylation is 1. The zero-order valence-electron chi connectivity index (χ0n) is 17.5. The first-order valence-corrected chi connectivity index (χ1v) is 10.9. The predicted octanol–water partition coefficient (Wildman–Crippen LogP) is 6.00. The largest absolute Gasteiger partial charge is 0.497 e. The van der Waals surface area contributed by atoms with Gasteiger partial charge in [-0.15, -0.1) is 11.3 Å². The Kier molecular flexibility index (Phi) is 5.50. The lowest BCUT2D eigenvalue weighted by Gasteiger charge is -2.18. The second-order valence-corrected chi connectivity index (χ2v) is 8.62. The zero-order chi connectivity index (χ0) is 20.4. The van der Waals surface area contributed by atoms with Crippen molar-refractivity contribution in [3.05, 3.63) is 57.9 Å². The van der Waals surface area contributed by atoms with Crippen LogP contribution < -0.4 is 14.2 Å². The molecule has 1 heterocycles. The number of methoxy groups -OCH3 is 2. The van der Waals surface area contributed by atoms with Crippen LogP contribution >= 0.6 is 11.3 Å². The van der Waals surface area contributed by atoms with E-state index in [2.05, 4.69) is 32.0 Å². The lowest BCUT2D eigenvalue weighted by atomic mass is 9.95. The number of rotatable bonds is 8. The van der Waals surface area contributed by atoms with Gasteiger partial charge in [0.2, 0.25) is 0 Å². The summed E-state index contributed by atoms with van der Waals surface area (Å²) in [6.07, 6.45) is 3.20. The van der Waals surface area contributed by atoms with E-state index >= 15 is 0 Å². The highest BCUT2D eigenvalue weighted by atomic mass is 32.1. The quantitative estimate of drug-likeness (QED) is 0.457. The fourth-order valence-corrected chi connectivity index (χ4v) is 4.96. The van der Waals surface area contributed by atoms with Gasteiger partial charge < -0.3 is 14.2 Å². The maximum Gasteiger partial charge on any atom is 0.131 e. The first kappa shape index (κ1) is 19.8. The topological polar surface area (TPSA) is 40.6 Å². The highest BCUT2D eigenvalue weighted by Gasteiger charge is 2.50. The second kappa shape index (κ2) is 8.07. The van der Waals surface area contributed by atoms with Gasteiger partial charge in [-0.25, -0.2) is 4.98 Å². The lowest BCUT2D eigenvalue weighted by Crippen LogP contribution is -2.11. The van der Waals surface area contributed by atoms with Crippen molar-refractivity contribution >= 4 is 11.3 Å². The average molecular weight is 410 g/mol. The summed E-state index contributed by atoms with van der Waals surface area (Å²) in [7, 11) is 3.35. The summed E-state index contributed by atoms with van der Waals surface area (Å²) < 4.78 is 17.0. The van der Waals surface area contributed by atoms with Crippen molar-refractivity contribution in [3.63, 3.8) is 0 Å². The zero-order valence-corrected chi connectivity index (χ0v) is 18.3. The Balaban J connectivity index is 1.74. The highest BCUT2D eigenvalue weighted by molar-refractivity contribution is 7.12. The Labute approximate surface area is 176 Å². The van der Waals surface area contributed by atoms with Gasteiger partial charge in [0, 0.05) is 22.1 Å². The maximum absolute atomic E-state index is 6.06. The predicted molar refractivity (Wildman–Crippen MR) is 118 cm³/mol. The third kappa shape index (κ3) is 3.60. The van der Waals surface area contributed by atoms with E-state index in [1.54, 1.807) is 25.6 Å². The molecule has 152 valence electrons. The molecular formula is C24H27NO3S. The summed E-state index contributed by atoms with van der Waals surface area (Å²) >= 11 is 1.78. The molecular weight excluding hydrogens is 382 g/mol. The molecule has 1 aliphatic carbocycles. The number of aromatic nitrogens is 1. The smallest absolute Gasteiger partial charge is 0.131 e. The van der Waals surface area contributed by atoms with Crippen molar-refractivity contribution in [2.75, 3.05) is 20.8 Å². The van der Waals surface area contributed by atoms with Crippen molar-refractivity contribution in [2.24, 2.45) is 0 Å². The van der Waals surface area contributed by atoms with Crippen LogP contribution in [0.1, 0.15) is 41.6 Å². The van der Waals surface area contributed by atoms with Crippen molar-refractivity contribution in [1.82, 2.24) is 4.98 Å². The summed E-state index contributed by atoms with van der Waals surface area (Å²) in [4.78, 5) is 6.31. The minimum absolute atomic E-state index is 0.0300. The SMILES string of the molecule is CCCOc1ccccc1C1(c2nc(-c3ccc(OC)cc3OC)c(C)s2)CC1. The van der Waals surface area contributed by atoms with Gasteiger partial charge in [-0.05, 0) is 44.4 Å². The van der Waals surface area contributed by atoms with Gasteiger partial charge in [-0.1, -0.05) is 25.1 Å². The molecule has 1 aromatic heterocycles. The summed E-state index contributed by atoms with van der Waals surface area (Å²) in [5, 5.41) is 1.16. The Morgan fingerprint density at radius 2 is 1.83 bits per heavy atom. The number of hydrogen-bond donors (Lipinski definition) is 0. The number of ether oxygens (including phenoxy) is 3. The van der Waals surface area contributed by atoms with Gasteiger partial charge in [-0.2, -0.15) is 0 Å². The van der Waals surface area contributed by atoms with Crippen molar-refractivity contribution in [3.8, 4) is 28.5 Å². The lowest BCUT2D eigenvalue weighted by molar-refractivity contribution is 0.312. The first-order chi connectivity index (χ1) is 14.1. The molecule has 3 aromatic rings. The molecule has 4 nitrogen and oxygen atoms in total. The Bertz CT molecular complexity index is 1010. The second-order valence-electron chi connectivity index (χ2n) is 7.42. The Morgan fingerprint density at radius 3 is 2.52 bits per heavy atom. The molecule has 29 heavy (non-hydrogen) atoms. The number of para-hydroxylation sites is 1. The molecule has 2 aromatic carbocycles. The van der Waals surface area contributed by atoms with Gasteiger partial charge in [0.1, 0.15) is 22.3 Å².